The molecule has 4 heteroatoms. The third-order valence-electron chi connectivity index (χ3n) is 5.45. The van der Waals surface area contributed by atoms with Crippen LogP contribution in [0, 0.1) is 0 Å². The van der Waals surface area contributed by atoms with Crippen molar-refractivity contribution in [2.45, 2.75) is 63.7 Å². The van der Waals surface area contributed by atoms with Crippen molar-refractivity contribution in [3.05, 3.63) is 0 Å². The van der Waals surface area contributed by atoms with Crippen LogP contribution >= 0.6 is 0 Å². The maximum absolute atomic E-state index is 5.80. The Kier molecular flexibility index (Phi) is 4.97. The fourth-order valence-electron chi connectivity index (χ4n) is 4.39. The van der Waals surface area contributed by atoms with E-state index in [0.29, 0.717) is 18.1 Å². The van der Waals surface area contributed by atoms with Crippen LogP contribution in [0.4, 0.5) is 0 Å². The van der Waals surface area contributed by atoms with Crippen LogP contribution in [-0.2, 0) is 4.74 Å². The van der Waals surface area contributed by atoms with Gasteiger partial charge in [0.25, 0.3) is 0 Å². The summed E-state index contributed by atoms with van der Waals surface area (Å²) in [6.07, 6.45) is 5.37. The van der Waals surface area contributed by atoms with Gasteiger partial charge in [0.15, 0.2) is 0 Å². The van der Waals surface area contributed by atoms with E-state index in [0.717, 1.165) is 32.2 Å². The van der Waals surface area contributed by atoms with E-state index in [1.807, 2.05) is 0 Å². The van der Waals surface area contributed by atoms with E-state index in [1.165, 1.54) is 38.9 Å². The van der Waals surface area contributed by atoms with E-state index >= 15 is 0 Å². The normalized spacial score (nSPS) is 40.5. The molecule has 0 bridgehead atoms. The molecular weight excluding hydrogens is 250 g/mol. The molecule has 3 fully saturated rings. The highest BCUT2D eigenvalue weighted by atomic mass is 16.5. The predicted molar refractivity (Wildman–Crippen MR) is 82.1 cm³/mol. The van der Waals surface area contributed by atoms with Gasteiger partial charge in [-0.2, -0.15) is 0 Å². The third-order valence-corrected chi connectivity index (χ3v) is 5.45. The van der Waals surface area contributed by atoms with Gasteiger partial charge in [0.05, 0.1) is 6.61 Å². The van der Waals surface area contributed by atoms with Crippen LogP contribution in [0.15, 0.2) is 0 Å². The molecule has 0 saturated carbocycles. The molecule has 116 valence electrons. The fraction of sp³-hybridized carbons (Fsp3) is 1.00. The fourth-order valence-corrected chi connectivity index (χ4v) is 4.39. The number of hydrogen-bond donors (Lipinski definition) is 1. The molecular formula is C16H31N3O. The van der Waals surface area contributed by atoms with Crippen LogP contribution in [0.3, 0.4) is 0 Å². The maximum Gasteiger partial charge on any atom is 0.0637 e. The zero-order chi connectivity index (χ0) is 13.9. The molecule has 3 aliphatic heterocycles. The minimum Gasteiger partial charge on any atom is -0.380 e. The van der Waals surface area contributed by atoms with Crippen LogP contribution in [-0.4, -0.2) is 73.4 Å². The van der Waals surface area contributed by atoms with E-state index in [2.05, 4.69) is 29.0 Å². The predicted octanol–water partition coefficient (Wildman–Crippen LogP) is 1.31. The van der Waals surface area contributed by atoms with Gasteiger partial charge in [0.1, 0.15) is 0 Å². The van der Waals surface area contributed by atoms with Gasteiger partial charge >= 0.3 is 0 Å². The van der Waals surface area contributed by atoms with E-state index in [4.69, 9.17) is 4.74 Å². The van der Waals surface area contributed by atoms with E-state index in [9.17, 15) is 0 Å². The molecule has 3 rings (SSSR count). The average molecular weight is 281 g/mol. The number of hydrogen-bond acceptors (Lipinski definition) is 4. The van der Waals surface area contributed by atoms with Gasteiger partial charge in [-0.25, -0.2) is 0 Å². The second-order valence-corrected chi connectivity index (χ2v) is 6.79. The summed E-state index contributed by atoms with van der Waals surface area (Å²) in [5.74, 6) is 0. The lowest BCUT2D eigenvalue weighted by Gasteiger charge is -2.52. The Bertz CT molecular complexity index is 310. The highest BCUT2D eigenvalue weighted by molar-refractivity contribution is 4.96. The molecule has 0 amide bonds. The number of ether oxygens (including phenoxy) is 1. The molecule has 0 aromatic heterocycles. The summed E-state index contributed by atoms with van der Waals surface area (Å²) in [7, 11) is 0. The van der Waals surface area contributed by atoms with Gasteiger partial charge in [-0.3, -0.25) is 9.80 Å². The first-order valence-corrected chi connectivity index (χ1v) is 8.60. The third kappa shape index (κ3) is 3.03. The molecule has 20 heavy (non-hydrogen) atoms. The van der Waals surface area contributed by atoms with Crippen LogP contribution in [0.25, 0.3) is 0 Å². The zero-order valence-corrected chi connectivity index (χ0v) is 13.2. The summed E-state index contributed by atoms with van der Waals surface area (Å²) in [5, 5.41) is 3.69. The Labute approximate surface area is 123 Å². The standard InChI is InChI=1S/C16H31N3O/c1-3-17-15-7-9-20-12-16(15)19-11-14-6-4-5-8-18(14)10-13(19)2/h13-17H,3-12H2,1-2H3. The molecule has 3 heterocycles. The quantitative estimate of drug-likeness (QED) is 0.844. The Hall–Kier alpha value is -0.160. The Morgan fingerprint density at radius 2 is 2.10 bits per heavy atom. The first-order chi connectivity index (χ1) is 9.79. The van der Waals surface area contributed by atoms with Crippen molar-refractivity contribution in [2.24, 2.45) is 0 Å². The van der Waals surface area contributed by atoms with E-state index in [1.54, 1.807) is 0 Å². The molecule has 4 nitrogen and oxygen atoms in total. The molecule has 0 spiro atoms. The second kappa shape index (κ2) is 6.73. The van der Waals surface area contributed by atoms with Gasteiger partial charge in [0, 0.05) is 43.9 Å². The van der Waals surface area contributed by atoms with E-state index in [-0.39, 0.29) is 0 Å². The summed E-state index contributed by atoms with van der Waals surface area (Å²) in [5.41, 5.74) is 0. The summed E-state index contributed by atoms with van der Waals surface area (Å²) < 4.78 is 5.80. The largest absolute Gasteiger partial charge is 0.380 e. The van der Waals surface area contributed by atoms with Crippen molar-refractivity contribution in [1.29, 1.82) is 0 Å². The van der Waals surface area contributed by atoms with Crippen LogP contribution in [0.1, 0.15) is 39.5 Å². The molecule has 4 atom stereocenters. The molecule has 0 radical (unpaired) electrons. The highest BCUT2D eigenvalue weighted by Crippen LogP contribution is 2.27. The molecule has 3 saturated heterocycles. The Morgan fingerprint density at radius 1 is 1.20 bits per heavy atom. The lowest BCUT2D eigenvalue weighted by Crippen LogP contribution is -2.66. The molecule has 0 aromatic carbocycles. The number of rotatable bonds is 3. The lowest BCUT2D eigenvalue weighted by molar-refractivity contribution is -0.0628. The number of piperazine rings is 1. The number of nitrogens with one attached hydrogen (secondary N) is 1. The average Bonchev–Trinajstić information content (AvgIpc) is 2.48. The minimum atomic E-state index is 0.572. The number of likely N-dealkylation sites (N-methyl/N-ethyl adjacent to an activating group) is 1. The van der Waals surface area contributed by atoms with Crippen molar-refractivity contribution < 1.29 is 4.74 Å². The van der Waals surface area contributed by atoms with Crippen molar-refractivity contribution in [2.75, 3.05) is 39.4 Å². The van der Waals surface area contributed by atoms with Crippen LogP contribution in [0.5, 0.6) is 0 Å². The topological polar surface area (TPSA) is 27.7 Å². The first kappa shape index (κ1) is 14.8. The van der Waals surface area contributed by atoms with E-state index < -0.39 is 0 Å². The summed E-state index contributed by atoms with van der Waals surface area (Å²) in [4.78, 5) is 5.48. The Balaban J connectivity index is 1.67. The zero-order valence-electron chi connectivity index (χ0n) is 13.2. The van der Waals surface area contributed by atoms with Crippen molar-refractivity contribution >= 4 is 0 Å². The molecule has 1 N–H and O–H groups in total. The molecule has 0 aromatic rings. The molecule has 3 aliphatic rings. The minimum absolute atomic E-state index is 0.572. The smallest absolute Gasteiger partial charge is 0.0637 e. The first-order valence-electron chi connectivity index (χ1n) is 8.60. The maximum atomic E-state index is 5.80. The number of piperidine rings is 1. The van der Waals surface area contributed by atoms with Crippen LogP contribution < -0.4 is 5.32 Å². The highest BCUT2D eigenvalue weighted by Gasteiger charge is 2.39. The summed E-state index contributed by atoms with van der Waals surface area (Å²) in [6, 6.07) is 2.65. The molecule has 4 unspecified atom stereocenters. The second-order valence-electron chi connectivity index (χ2n) is 6.79. The van der Waals surface area contributed by atoms with Crippen molar-refractivity contribution in [3.63, 3.8) is 0 Å². The lowest BCUT2D eigenvalue weighted by atomic mass is 9.93. The summed E-state index contributed by atoms with van der Waals surface area (Å²) in [6.45, 7) is 11.3. The van der Waals surface area contributed by atoms with Gasteiger partial charge in [-0.1, -0.05) is 13.3 Å². The van der Waals surface area contributed by atoms with Crippen molar-refractivity contribution in [3.8, 4) is 0 Å². The van der Waals surface area contributed by atoms with Gasteiger partial charge in [-0.15, -0.1) is 0 Å². The monoisotopic (exact) mass is 281 g/mol. The van der Waals surface area contributed by atoms with Gasteiger partial charge in [0.2, 0.25) is 0 Å². The van der Waals surface area contributed by atoms with Crippen LogP contribution in [0.2, 0.25) is 0 Å². The van der Waals surface area contributed by atoms with Crippen molar-refractivity contribution in [1.82, 2.24) is 15.1 Å². The van der Waals surface area contributed by atoms with Gasteiger partial charge < -0.3 is 10.1 Å². The molecule has 0 aliphatic carbocycles. The Morgan fingerprint density at radius 3 is 2.95 bits per heavy atom. The number of fused-ring (bicyclic) bond motifs is 1. The summed E-state index contributed by atoms with van der Waals surface area (Å²) >= 11 is 0. The van der Waals surface area contributed by atoms with Gasteiger partial charge in [-0.05, 0) is 39.3 Å². The number of nitrogens with zero attached hydrogens (tertiary/aromatic N) is 2. The SMILES string of the molecule is CCNC1CCOCC1N1CC2CCCCN2CC1C.